The van der Waals surface area contributed by atoms with Gasteiger partial charge in [0.2, 0.25) is 5.91 Å². The minimum absolute atomic E-state index is 0.00576. The summed E-state index contributed by atoms with van der Waals surface area (Å²) in [6, 6.07) is 17.7. The molecule has 0 aromatic heterocycles. The molecule has 29 heavy (non-hydrogen) atoms. The highest BCUT2D eigenvalue weighted by Gasteiger charge is 2.29. The molecule has 6 heteroatoms. The maximum atomic E-state index is 13.1. The highest BCUT2D eigenvalue weighted by Crippen LogP contribution is 2.28. The van der Waals surface area contributed by atoms with Gasteiger partial charge in [-0.05, 0) is 49.6 Å². The van der Waals surface area contributed by atoms with Crippen molar-refractivity contribution in [3.63, 3.8) is 0 Å². The van der Waals surface area contributed by atoms with Crippen molar-refractivity contribution in [3.05, 3.63) is 65.2 Å². The molecule has 0 bridgehead atoms. The van der Waals surface area contributed by atoms with Crippen LogP contribution in [-0.4, -0.2) is 43.5 Å². The molecule has 1 amide bonds. The molecule has 154 valence electrons. The number of para-hydroxylation sites is 1. The van der Waals surface area contributed by atoms with Crippen molar-refractivity contribution in [3.8, 4) is 0 Å². The van der Waals surface area contributed by atoms with E-state index in [2.05, 4.69) is 11.8 Å². The number of carbonyl (C=O) groups excluding carboxylic acids is 2. The van der Waals surface area contributed by atoms with E-state index in [9.17, 15) is 9.59 Å². The third kappa shape index (κ3) is 5.30. The van der Waals surface area contributed by atoms with Crippen LogP contribution in [0, 0.1) is 5.92 Å². The molecular formula is C23H27ClN2O3. The van der Waals surface area contributed by atoms with Crippen LogP contribution in [0.4, 0.5) is 5.69 Å². The van der Waals surface area contributed by atoms with Crippen molar-refractivity contribution < 1.29 is 14.3 Å². The number of carbonyl (C=O) groups is 2. The van der Waals surface area contributed by atoms with Crippen molar-refractivity contribution in [2.24, 2.45) is 5.92 Å². The molecule has 5 nitrogen and oxygen atoms in total. The number of benzene rings is 2. The van der Waals surface area contributed by atoms with Gasteiger partial charge in [-0.3, -0.25) is 9.59 Å². The van der Waals surface area contributed by atoms with Gasteiger partial charge < -0.3 is 14.5 Å². The predicted molar refractivity (Wildman–Crippen MR) is 115 cm³/mol. The molecule has 1 saturated heterocycles. The normalized spacial score (nSPS) is 15.6. The van der Waals surface area contributed by atoms with Gasteiger partial charge in [-0.1, -0.05) is 41.9 Å². The number of amides is 1. The Kier molecular flexibility index (Phi) is 7.15. The minimum Gasteiger partial charge on any atom is -0.469 e. The lowest BCUT2D eigenvalue weighted by Crippen LogP contribution is -2.45. The molecule has 1 atom stereocenters. The zero-order valence-corrected chi connectivity index (χ0v) is 17.6. The lowest BCUT2D eigenvalue weighted by atomic mass is 9.97. The Morgan fingerprint density at radius 1 is 1.10 bits per heavy atom. The number of hydrogen-bond donors (Lipinski definition) is 0. The zero-order chi connectivity index (χ0) is 20.8. The molecule has 0 aliphatic carbocycles. The summed E-state index contributed by atoms with van der Waals surface area (Å²) in [5.41, 5.74) is 2.09. The molecule has 1 unspecified atom stereocenters. The average Bonchev–Trinajstić information content (AvgIpc) is 2.77. The zero-order valence-electron chi connectivity index (χ0n) is 16.9. The number of methoxy groups -OCH3 is 1. The van der Waals surface area contributed by atoms with E-state index >= 15 is 0 Å². The smallest absolute Gasteiger partial charge is 0.308 e. The summed E-state index contributed by atoms with van der Waals surface area (Å²) in [6.07, 6.45) is 1.30. The Hall–Kier alpha value is -2.53. The van der Waals surface area contributed by atoms with E-state index in [1.807, 2.05) is 59.5 Å². The van der Waals surface area contributed by atoms with Gasteiger partial charge in [0.05, 0.1) is 25.6 Å². The second-order valence-corrected chi connectivity index (χ2v) is 7.81. The van der Waals surface area contributed by atoms with Crippen LogP contribution in [0.2, 0.25) is 5.02 Å². The van der Waals surface area contributed by atoms with Crippen molar-refractivity contribution in [2.75, 3.05) is 31.6 Å². The van der Waals surface area contributed by atoms with Crippen molar-refractivity contribution >= 4 is 29.2 Å². The number of likely N-dealkylation sites (tertiary alicyclic amines) is 1. The number of rotatable bonds is 6. The first-order valence-electron chi connectivity index (χ1n) is 9.92. The number of hydrogen-bond acceptors (Lipinski definition) is 4. The maximum absolute atomic E-state index is 13.1. The van der Waals surface area contributed by atoms with Gasteiger partial charge in [0, 0.05) is 23.8 Å². The van der Waals surface area contributed by atoms with E-state index in [1.54, 1.807) is 0 Å². The first-order chi connectivity index (χ1) is 14.0. The van der Waals surface area contributed by atoms with Gasteiger partial charge in [-0.25, -0.2) is 0 Å². The quantitative estimate of drug-likeness (QED) is 0.660. The van der Waals surface area contributed by atoms with Gasteiger partial charge >= 0.3 is 5.97 Å². The Bertz CT molecular complexity index is 818. The van der Waals surface area contributed by atoms with E-state index in [1.165, 1.54) is 7.11 Å². The highest BCUT2D eigenvalue weighted by molar-refractivity contribution is 6.30. The number of ether oxygens (including phenoxy) is 1. The number of halogens is 1. The highest BCUT2D eigenvalue weighted by atomic mass is 35.5. The second-order valence-electron chi connectivity index (χ2n) is 7.37. The first-order valence-corrected chi connectivity index (χ1v) is 10.3. The third-order valence-electron chi connectivity index (χ3n) is 5.60. The second kappa shape index (κ2) is 9.79. The fraction of sp³-hybridized carbons (Fsp3) is 0.391. The van der Waals surface area contributed by atoms with E-state index < -0.39 is 0 Å². The summed E-state index contributed by atoms with van der Waals surface area (Å²) in [4.78, 5) is 28.8. The fourth-order valence-electron chi connectivity index (χ4n) is 3.77. The minimum atomic E-state index is -0.181. The monoisotopic (exact) mass is 414 g/mol. The van der Waals surface area contributed by atoms with Crippen LogP contribution in [0.15, 0.2) is 54.6 Å². The molecule has 1 fully saturated rings. The number of piperidine rings is 1. The van der Waals surface area contributed by atoms with E-state index in [4.69, 9.17) is 16.3 Å². The molecule has 3 rings (SSSR count). The van der Waals surface area contributed by atoms with Crippen LogP contribution in [0.25, 0.3) is 0 Å². The molecule has 1 aliphatic heterocycles. The molecule has 1 aliphatic rings. The molecule has 0 N–H and O–H groups in total. The molecule has 0 spiro atoms. The van der Waals surface area contributed by atoms with Crippen molar-refractivity contribution in [1.82, 2.24) is 4.90 Å². The molecule has 2 aromatic carbocycles. The Balaban J connectivity index is 1.73. The van der Waals surface area contributed by atoms with E-state index in [0.29, 0.717) is 31.0 Å². The predicted octanol–water partition coefficient (Wildman–Crippen LogP) is 4.32. The summed E-state index contributed by atoms with van der Waals surface area (Å²) < 4.78 is 4.84. The van der Waals surface area contributed by atoms with Crippen LogP contribution in [0.3, 0.4) is 0 Å². The molecule has 2 aromatic rings. The van der Waals surface area contributed by atoms with E-state index in [0.717, 1.165) is 11.3 Å². The summed E-state index contributed by atoms with van der Waals surface area (Å²) in [5, 5.41) is 0.691. The first kappa shape index (κ1) is 21.2. The van der Waals surface area contributed by atoms with Crippen molar-refractivity contribution in [2.45, 2.75) is 25.8 Å². The lowest BCUT2D eigenvalue weighted by Gasteiger charge is -2.35. The Labute approximate surface area is 177 Å². The Morgan fingerprint density at radius 2 is 1.72 bits per heavy atom. The van der Waals surface area contributed by atoms with Crippen LogP contribution in [0.5, 0.6) is 0 Å². The number of esters is 1. The lowest BCUT2D eigenvalue weighted by molar-refractivity contribution is -0.148. The van der Waals surface area contributed by atoms with Gasteiger partial charge in [0.25, 0.3) is 0 Å². The van der Waals surface area contributed by atoms with Crippen LogP contribution < -0.4 is 4.90 Å². The summed E-state index contributed by atoms with van der Waals surface area (Å²) >= 11 is 6.04. The van der Waals surface area contributed by atoms with Crippen LogP contribution in [0.1, 0.15) is 31.4 Å². The third-order valence-corrected chi connectivity index (χ3v) is 5.85. The van der Waals surface area contributed by atoms with E-state index in [-0.39, 0.29) is 30.4 Å². The van der Waals surface area contributed by atoms with Gasteiger partial charge in [0.15, 0.2) is 0 Å². The number of nitrogens with zero attached hydrogens (tertiary/aromatic N) is 2. The largest absolute Gasteiger partial charge is 0.469 e. The van der Waals surface area contributed by atoms with Gasteiger partial charge in [-0.2, -0.15) is 0 Å². The van der Waals surface area contributed by atoms with Crippen molar-refractivity contribution in [1.29, 1.82) is 0 Å². The summed E-state index contributed by atoms with van der Waals surface area (Å²) in [6.45, 7) is 3.52. The van der Waals surface area contributed by atoms with Crippen LogP contribution >= 0.6 is 11.6 Å². The SMILES string of the molecule is COC(=O)C1CCN(C(=O)CN(c2ccccc2)C(C)c2ccc(Cl)cc2)CC1. The molecule has 1 heterocycles. The summed E-state index contributed by atoms with van der Waals surface area (Å²) in [5.74, 6) is -0.223. The number of anilines is 1. The van der Waals surface area contributed by atoms with Crippen LogP contribution in [-0.2, 0) is 14.3 Å². The Morgan fingerprint density at radius 3 is 2.31 bits per heavy atom. The standard InChI is InChI=1S/C23H27ClN2O3/c1-17(18-8-10-20(24)11-9-18)26(21-6-4-3-5-7-21)16-22(27)25-14-12-19(13-15-25)23(28)29-2/h3-11,17,19H,12-16H2,1-2H3. The van der Waals surface area contributed by atoms with Gasteiger partial charge in [-0.15, -0.1) is 0 Å². The molecule has 0 radical (unpaired) electrons. The average molecular weight is 415 g/mol. The fourth-order valence-corrected chi connectivity index (χ4v) is 3.90. The topological polar surface area (TPSA) is 49.9 Å². The molecule has 0 saturated carbocycles. The molecular weight excluding hydrogens is 388 g/mol. The maximum Gasteiger partial charge on any atom is 0.308 e. The summed E-state index contributed by atoms with van der Waals surface area (Å²) in [7, 11) is 1.41. The van der Waals surface area contributed by atoms with Gasteiger partial charge in [0.1, 0.15) is 0 Å².